The van der Waals surface area contributed by atoms with Crippen LogP contribution >= 0.6 is 0 Å². The summed E-state index contributed by atoms with van der Waals surface area (Å²) < 4.78 is 1.85. The lowest BCUT2D eigenvalue weighted by Crippen LogP contribution is -2.12. The van der Waals surface area contributed by atoms with E-state index in [9.17, 15) is 0 Å². The van der Waals surface area contributed by atoms with Gasteiger partial charge in [0.1, 0.15) is 11.6 Å². The third-order valence-electron chi connectivity index (χ3n) is 4.49. The summed E-state index contributed by atoms with van der Waals surface area (Å²) in [5, 5.41) is 15.3. The SMILES string of the molecule is Cc1nc(C(C)Nc2cc(-c3ccccc3)nc3c(C)c(C)nn23)n[nH]1. The molecule has 3 aromatic heterocycles. The van der Waals surface area contributed by atoms with Gasteiger partial charge in [-0.1, -0.05) is 30.3 Å². The number of aromatic amines is 1. The molecule has 0 aliphatic rings. The number of nitrogens with one attached hydrogen (secondary N) is 2. The molecule has 1 atom stereocenters. The van der Waals surface area contributed by atoms with Crippen molar-refractivity contribution in [2.75, 3.05) is 5.32 Å². The van der Waals surface area contributed by atoms with E-state index in [1.54, 1.807) is 0 Å². The molecule has 26 heavy (non-hydrogen) atoms. The zero-order valence-corrected chi connectivity index (χ0v) is 15.3. The van der Waals surface area contributed by atoms with Gasteiger partial charge in [-0.05, 0) is 27.7 Å². The summed E-state index contributed by atoms with van der Waals surface area (Å²) in [5.74, 6) is 2.37. The Labute approximate surface area is 151 Å². The van der Waals surface area contributed by atoms with E-state index >= 15 is 0 Å². The van der Waals surface area contributed by atoms with Gasteiger partial charge >= 0.3 is 0 Å². The average molecular weight is 347 g/mol. The molecule has 4 rings (SSSR count). The maximum atomic E-state index is 4.83. The van der Waals surface area contributed by atoms with Crippen LogP contribution < -0.4 is 5.32 Å². The van der Waals surface area contributed by atoms with E-state index in [1.165, 1.54) is 0 Å². The van der Waals surface area contributed by atoms with Crippen LogP contribution in [0.4, 0.5) is 5.82 Å². The van der Waals surface area contributed by atoms with Gasteiger partial charge in [-0.3, -0.25) is 5.10 Å². The Bertz CT molecular complexity index is 1060. The Morgan fingerprint density at radius 2 is 1.85 bits per heavy atom. The Hall–Kier alpha value is -3.22. The minimum atomic E-state index is -0.0704. The van der Waals surface area contributed by atoms with E-state index in [4.69, 9.17) is 4.98 Å². The molecule has 0 amide bonds. The Kier molecular flexibility index (Phi) is 3.91. The molecule has 0 saturated heterocycles. The second kappa shape index (κ2) is 6.25. The van der Waals surface area contributed by atoms with Crippen LogP contribution in [-0.4, -0.2) is 29.8 Å². The quantitative estimate of drug-likeness (QED) is 0.589. The molecule has 7 nitrogen and oxygen atoms in total. The molecule has 7 heteroatoms. The molecule has 0 aliphatic heterocycles. The van der Waals surface area contributed by atoms with Gasteiger partial charge in [0.25, 0.3) is 0 Å². The second-order valence-electron chi connectivity index (χ2n) is 6.48. The van der Waals surface area contributed by atoms with Gasteiger partial charge in [0.15, 0.2) is 11.5 Å². The summed E-state index contributed by atoms with van der Waals surface area (Å²) in [6, 6.07) is 12.1. The van der Waals surface area contributed by atoms with Crippen LogP contribution in [0.2, 0.25) is 0 Å². The second-order valence-corrected chi connectivity index (χ2v) is 6.48. The van der Waals surface area contributed by atoms with Crippen molar-refractivity contribution in [3.05, 3.63) is 59.3 Å². The summed E-state index contributed by atoms with van der Waals surface area (Å²) in [6.45, 7) is 7.96. The molecule has 3 heterocycles. The maximum Gasteiger partial charge on any atom is 0.172 e. The van der Waals surface area contributed by atoms with Crippen molar-refractivity contribution in [3.8, 4) is 11.3 Å². The van der Waals surface area contributed by atoms with Crippen molar-refractivity contribution in [2.45, 2.75) is 33.7 Å². The normalized spacial score (nSPS) is 12.5. The van der Waals surface area contributed by atoms with Crippen LogP contribution in [0.15, 0.2) is 36.4 Å². The number of hydrogen-bond donors (Lipinski definition) is 2. The summed E-state index contributed by atoms with van der Waals surface area (Å²) in [7, 11) is 0. The van der Waals surface area contributed by atoms with Crippen molar-refractivity contribution in [1.82, 2.24) is 29.8 Å². The summed E-state index contributed by atoms with van der Waals surface area (Å²) >= 11 is 0. The minimum absolute atomic E-state index is 0.0704. The molecule has 1 unspecified atom stereocenters. The van der Waals surface area contributed by atoms with Crippen molar-refractivity contribution < 1.29 is 0 Å². The molecule has 132 valence electrons. The highest BCUT2D eigenvalue weighted by Crippen LogP contribution is 2.26. The first-order valence-corrected chi connectivity index (χ1v) is 8.61. The number of benzene rings is 1. The Balaban J connectivity index is 1.83. The Morgan fingerprint density at radius 3 is 2.54 bits per heavy atom. The van der Waals surface area contributed by atoms with Gasteiger partial charge in [-0.15, -0.1) is 0 Å². The van der Waals surface area contributed by atoms with Crippen molar-refractivity contribution in [3.63, 3.8) is 0 Å². The molecule has 2 N–H and O–H groups in total. The molecule has 4 aromatic rings. The highest BCUT2D eigenvalue weighted by Gasteiger charge is 2.17. The zero-order valence-electron chi connectivity index (χ0n) is 15.3. The van der Waals surface area contributed by atoms with Crippen LogP contribution in [0.3, 0.4) is 0 Å². The number of nitrogens with zero attached hydrogens (tertiary/aromatic N) is 5. The van der Waals surface area contributed by atoms with E-state index in [-0.39, 0.29) is 6.04 Å². The molecule has 0 fully saturated rings. The predicted octanol–water partition coefficient (Wildman–Crippen LogP) is 3.61. The van der Waals surface area contributed by atoms with Gasteiger partial charge in [0.2, 0.25) is 0 Å². The smallest absolute Gasteiger partial charge is 0.172 e. The fraction of sp³-hybridized carbons (Fsp3) is 0.263. The highest BCUT2D eigenvalue weighted by atomic mass is 15.3. The number of aryl methyl sites for hydroxylation is 3. The molecule has 0 saturated carbocycles. The Morgan fingerprint density at radius 1 is 1.08 bits per heavy atom. The fourth-order valence-electron chi connectivity index (χ4n) is 2.93. The van der Waals surface area contributed by atoms with Crippen LogP contribution in [0.5, 0.6) is 0 Å². The zero-order chi connectivity index (χ0) is 18.3. The highest BCUT2D eigenvalue weighted by molar-refractivity contribution is 5.68. The predicted molar refractivity (Wildman–Crippen MR) is 101 cm³/mol. The van der Waals surface area contributed by atoms with Crippen molar-refractivity contribution in [2.24, 2.45) is 0 Å². The number of fused-ring (bicyclic) bond motifs is 1. The summed E-state index contributed by atoms with van der Waals surface area (Å²) in [6.07, 6.45) is 0. The van der Waals surface area contributed by atoms with E-state index in [2.05, 4.69) is 37.7 Å². The fourth-order valence-corrected chi connectivity index (χ4v) is 2.93. The lowest BCUT2D eigenvalue weighted by molar-refractivity contribution is 0.775. The number of hydrogen-bond acceptors (Lipinski definition) is 5. The standard InChI is InChI=1S/C19H21N7/c1-11-12(2)25-26-17(20-13(3)18-21-14(4)23-24-18)10-16(22-19(11)26)15-8-6-5-7-9-15/h5-10,13,20H,1-4H3,(H,21,23,24). The average Bonchev–Trinajstić information content (AvgIpc) is 3.20. The molecule has 1 aromatic carbocycles. The van der Waals surface area contributed by atoms with Gasteiger partial charge in [0.05, 0.1) is 17.4 Å². The summed E-state index contributed by atoms with van der Waals surface area (Å²) in [4.78, 5) is 9.25. The van der Waals surface area contributed by atoms with Crippen molar-refractivity contribution in [1.29, 1.82) is 0 Å². The van der Waals surface area contributed by atoms with Crippen LogP contribution in [0.1, 0.15) is 35.9 Å². The minimum Gasteiger partial charge on any atom is -0.360 e. The van der Waals surface area contributed by atoms with Crippen molar-refractivity contribution >= 4 is 11.5 Å². The van der Waals surface area contributed by atoms with Crippen LogP contribution in [0.25, 0.3) is 16.9 Å². The maximum absolute atomic E-state index is 4.83. The van der Waals surface area contributed by atoms with Crippen LogP contribution in [-0.2, 0) is 0 Å². The first-order valence-electron chi connectivity index (χ1n) is 8.61. The third-order valence-corrected chi connectivity index (χ3v) is 4.49. The van der Waals surface area contributed by atoms with E-state index < -0.39 is 0 Å². The van der Waals surface area contributed by atoms with E-state index in [0.717, 1.165) is 39.8 Å². The molecule has 0 radical (unpaired) electrons. The monoisotopic (exact) mass is 347 g/mol. The number of H-pyrrole nitrogens is 1. The third kappa shape index (κ3) is 2.81. The lowest BCUT2D eigenvalue weighted by atomic mass is 10.1. The number of aromatic nitrogens is 6. The first-order chi connectivity index (χ1) is 12.5. The topological polar surface area (TPSA) is 83.8 Å². The van der Waals surface area contributed by atoms with E-state index in [0.29, 0.717) is 5.82 Å². The first kappa shape index (κ1) is 16.3. The molecule has 0 spiro atoms. The molecular weight excluding hydrogens is 326 g/mol. The molecular formula is C19H21N7. The number of anilines is 1. The van der Waals surface area contributed by atoms with Gasteiger partial charge in [-0.25, -0.2) is 9.97 Å². The molecule has 0 aliphatic carbocycles. The van der Waals surface area contributed by atoms with Gasteiger partial charge < -0.3 is 5.32 Å². The largest absolute Gasteiger partial charge is 0.360 e. The summed E-state index contributed by atoms with van der Waals surface area (Å²) in [5.41, 5.74) is 4.86. The lowest BCUT2D eigenvalue weighted by Gasteiger charge is -2.14. The number of rotatable bonds is 4. The van der Waals surface area contributed by atoms with E-state index in [1.807, 2.05) is 56.5 Å². The molecule has 0 bridgehead atoms. The van der Waals surface area contributed by atoms with Gasteiger partial charge in [0, 0.05) is 17.2 Å². The van der Waals surface area contributed by atoms with Crippen LogP contribution in [0, 0.1) is 20.8 Å². The van der Waals surface area contributed by atoms with Gasteiger partial charge in [-0.2, -0.15) is 14.7 Å².